The molecule has 0 saturated carbocycles. The Labute approximate surface area is 124 Å². The lowest BCUT2D eigenvalue weighted by atomic mass is 10.2. The maximum absolute atomic E-state index is 13.8. The van der Waals surface area contributed by atoms with E-state index in [1.165, 1.54) is 12.1 Å². The third-order valence-electron chi connectivity index (χ3n) is 2.65. The zero-order chi connectivity index (χ0) is 15.7. The smallest absolute Gasteiger partial charge is 0.190 e. The number of hydrogen-bond donors (Lipinski definition) is 1. The zero-order valence-electron chi connectivity index (χ0n) is 12.7. The van der Waals surface area contributed by atoms with Crippen molar-refractivity contribution < 1.29 is 23.0 Å². The van der Waals surface area contributed by atoms with Crippen LogP contribution in [-0.2, 0) is 16.0 Å². The monoisotopic (exact) mass is 303 g/mol. The standard InChI is InChI=1S/C15H23F2NO3/c1-11(2)20-6-7-21-15-13(16)8-12(9-14(15)17)10-18-4-5-19-3/h8-9,11,18H,4-7,10H2,1-3H3. The van der Waals surface area contributed by atoms with Gasteiger partial charge in [0.25, 0.3) is 0 Å². The Morgan fingerprint density at radius 1 is 1.10 bits per heavy atom. The molecule has 120 valence electrons. The molecule has 0 fully saturated rings. The number of nitrogens with one attached hydrogen (secondary N) is 1. The topological polar surface area (TPSA) is 39.7 Å². The summed E-state index contributed by atoms with van der Waals surface area (Å²) in [5.41, 5.74) is 0.520. The van der Waals surface area contributed by atoms with Crippen LogP contribution in [0.1, 0.15) is 19.4 Å². The van der Waals surface area contributed by atoms with Gasteiger partial charge in [0.1, 0.15) is 6.61 Å². The first-order valence-electron chi connectivity index (χ1n) is 6.96. The zero-order valence-corrected chi connectivity index (χ0v) is 12.7. The molecule has 1 aromatic rings. The molecule has 0 aliphatic carbocycles. The highest BCUT2D eigenvalue weighted by Crippen LogP contribution is 2.23. The Bertz CT molecular complexity index is 404. The van der Waals surface area contributed by atoms with Crippen molar-refractivity contribution >= 4 is 0 Å². The lowest BCUT2D eigenvalue weighted by molar-refractivity contribution is 0.0535. The van der Waals surface area contributed by atoms with Gasteiger partial charge >= 0.3 is 0 Å². The first-order chi connectivity index (χ1) is 10.0. The highest BCUT2D eigenvalue weighted by molar-refractivity contribution is 5.31. The molecule has 0 atom stereocenters. The Kier molecular flexibility index (Phi) is 8.19. The van der Waals surface area contributed by atoms with Crippen LogP contribution in [0.2, 0.25) is 0 Å². The van der Waals surface area contributed by atoms with Gasteiger partial charge in [0.05, 0.1) is 19.3 Å². The van der Waals surface area contributed by atoms with E-state index < -0.39 is 11.6 Å². The van der Waals surface area contributed by atoms with Gasteiger partial charge in [0.15, 0.2) is 17.4 Å². The van der Waals surface area contributed by atoms with E-state index in [-0.39, 0.29) is 25.1 Å². The molecule has 0 bridgehead atoms. The highest BCUT2D eigenvalue weighted by Gasteiger charge is 2.12. The highest BCUT2D eigenvalue weighted by atomic mass is 19.1. The van der Waals surface area contributed by atoms with Crippen molar-refractivity contribution in [2.75, 3.05) is 33.5 Å². The molecule has 1 rings (SSSR count). The Morgan fingerprint density at radius 3 is 2.33 bits per heavy atom. The molecule has 1 N–H and O–H groups in total. The van der Waals surface area contributed by atoms with Crippen LogP contribution in [-0.4, -0.2) is 39.6 Å². The maximum atomic E-state index is 13.8. The second-order valence-electron chi connectivity index (χ2n) is 4.83. The molecule has 21 heavy (non-hydrogen) atoms. The molecule has 4 nitrogen and oxygen atoms in total. The summed E-state index contributed by atoms with van der Waals surface area (Å²) in [6, 6.07) is 2.53. The molecule has 0 heterocycles. The van der Waals surface area contributed by atoms with Crippen molar-refractivity contribution in [1.82, 2.24) is 5.32 Å². The summed E-state index contributed by atoms with van der Waals surface area (Å²) in [5, 5.41) is 3.02. The molecule has 0 aliphatic heterocycles. The van der Waals surface area contributed by atoms with E-state index >= 15 is 0 Å². The first-order valence-corrected chi connectivity index (χ1v) is 6.96. The van der Waals surface area contributed by atoms with Gasteiger partial charge in [-0.3, -0.25) is 0 Å². The summed E-state index contributed by atoms with van der Waals surface area (Å²) in [6.07, 6.45) is 0.0591. The minimum absolute atomic E-state index is 0.0591. The summed E-state index contributed by atoms with van der Waals surface area (Å²) in [4.78, 5) is 0. The van der Waals surface area contributed by atoms with Gasteiger partial charge in [-0.25, -0.2) is 8.78 Å². The van der Waals surface area contributed by atoms with E-state index in [1.54, 1.807) is 7.11 Å². The summed E-state index contributed by atoms with van der Waals surface area (Å²) < 4.78 is 42.9. The SMILES string of the molecule is COCCNCc1cc(F)c(OCCOC(C)C)c(F)c1. The molecule has 0 amide bonds. The fraction of sp³-hybridized carbons (Fsp3) is 0.600. The van der Waals surface area contributed by atoms with Crippen molar-refractivity contribution in [3.63, 3.8) is 0 Å². The van der Waals surface area contributed by atoms with Crippen molar-refractivity contribution in [3.05, 3.63) is 29.3 Å². The normalized spacial score (nSPS) is 11.1. The fourth-order valence-corrected chi connectivity index (χ4v) is 1.69. The average Bonchev–Trinajstić information content (AvgIpc) is 2.41. The molecule has 0 aromatic heterocycles. The van der Waals surface area contributed by atoms with Crippen LogP contribution in [0, 0.1) is 11.6 Å². The van der Waals surface area contributed by atoms with Crippen molar-refractivity contribution in [2.45, 2.75) is 26.5 Å². The molecule has 0 radical (unpaired) electrons. The third kappa shape index (κ3) is 6.84. The van der Waals surface area contributed by atoms with Crippen LogP contribution in [0.4, 0.5) is 8.78 Å². The van der Waals surface area contributed by atoms with Crippen LogP contribution in [0.3, 0.4) is 0 Å². The predicted octanol–water partition coefficient (Wildman–Crippen LogP) is 2.50. The van der Waals surface area contributed by atoms with Gasteiger partial charge in [-0.05, 0) is 31.5 Å². The quantitative estimate of drug-likeness (QED) is 0.674. The summed E-state index contributed by atoms with van der Waals surface area (Å²) in [7, 11) is 1.59. The molecular formula is C15H23F2NO3. The van der Waals surface area contributed by atoms with Crippen LogP contribution in [0.5, 0.6) is 5.75 Å². The predicted molar refractivity (Wildman–Crippen MR) is 76.5 cm³/mol. The van der Waals surface area contributed by atoms with E-state index in [4.69, 9.17) is 14.2 Å². The van der Waals surface area contributed by atoms with Gasteiger partial charge in [-0.1, -0.05) is 0 Å². The van der Waals surface area contributed by atoms with Crippen molar-refractivity contribution in [1.29, 1.82) is 0 Å². The maximum Gasteiger partial charge on any atom is 0.190 e. The van der Waals surface area contributed by atoms with E-state index in [1.807, 2.05) is 13.8 Å². The number of hydrogen-bond acceptors (Lipinski definition) is 4. The summed E-state index contributed by atoms with van der Waals surface area (Å²) in [6.45, 7) is 5.69. The van der Waals surface area contributed by atoms with E-state index in [0.29, 0.717) is 25.3 Å². The number of ether oxygens (including phenoxy) is 3. The number of benzene rings is 1. The lowest BCUT2D eigenvalue weighted by Gasteiger charge is -2.12. The minimum Gasteiger partial charge on any atom is -0.485 e. The largest absolute Gasteiger partial charge is 0.485 e. The minimum atomic E-state index is -0.705. The van der Waals surface area contributed by atoms with Crippen LogP contribution >= 0.6 is 0 Å². The van der Waals surface area contributed by atoms with Crippen LogP contribution in [0.25, 0.3) is 0 Å². The number of rotatable bonds is 10. The van der Waals surface area contributed by atoms with Gasteiger partial charge in [0, 0.05) is 20.2 Å². The molecular weight excluding hydrogens is 280 g/mol. The van der Waals surface area contributed by atoms with E-state index in [0.717, 1.165) is 0 Å². The summed E-state index contributed by atoms with van der Waals surface area (Å²) >= 11 is 0. The molecule has 6 heteroatoms. The van der Waals surface area contributed by atoms with Crippen molar-refractivity contribution in [2.24, 2.45) is 0 Å². The Hall–Kier alpha value is -1.24. The summed E-state index contributed by atoms with van der Waals surface area (Å²) in [5.74, 6) is -1.77. The van der Waals surface area contributed by atoms with Crippen LogP contribution < -0.4 is 10.1 Å². The molecule has 0 saturated heterocycles. The second-order valence-corrected chi connectivity index (χ2v) is 4.83. The Morgan fingerprint density at radius 2 is 1.76 bits per heavy atom. The van der Waals surface area contributed by atoms with Gasteiger partial charge in [-0.15, -0.1) is 0 Å². The number of methoxy groups -OCH3 is 1. The average molecular weight is 303 g/mol. The first kappa shape index (κ1) is 17.8. The second kappa shape index (κ2) is 9.65. The van der Waals surface area contributed by atoms with Crippen LogP contribution in [0.15, 0.2) is 12.1 Å². The number of halogens is 2. The van der Waals surface area contributed by atoms with E-state index in [2.05, 4.69) is 5.32 Å². The lowest BCUT2D eigenvalue weighted by Crippen LogP contribution is -2.19. The van der Waals surface area contributed by atoms with Gasteiger partial charge in [0.2, 0.25) is 0 Å². The molecule has 0 spiro atoms. The third-order valence-corrected chi connectivity index (χ3v) is 2.65. The van der Waals surface area contributed by atoms with Gasteiger partial charge in [-0.2, -0.15) is 0 Å². The molecule has 0 unspecified atom stereocenters. The van der Waals surface area contributed by atoms with E-state index in [9.17, 15) is 8.78 Å². The van der Waals surface area contributed by atoms with Gasteiger partial charge < -0.3 is 19.5 Å². The molecule has 1 aromatic carbocycles. The van der Waals surface area contributed by atoms with Crippen molar-refractivity contribution in [3.8, 4) is 5.75 Å². The Balaban J connectivity index is 2.50. The molecule has 0 aliphatic rings. The fourth-order valence-electron chi connectivity index (χ4n) is 1.69.